The number of nitrogens with two attached hydrogens (primary N) is 1. The highest BCUT2D eigenvalue weighted by Crippen LogP contribution is 2.19. The number of rotatable bonds is 3. The predicted molar refractivity (Wildman–Crippen MR) is 67.3 cm³/mol. The van der Waals surface area contributed by atoms with Crippen molar-refractivity contribution in [3.05, 3.63) is 42.0 Å². The maximum atomic E-state index is 11.8. The molecule has 1 aliphatic rings. The van der Waals surface area contributed by atoms with Crippen molar-refractivity contribution in [3.63, 3.8) is 0 Å². The average Bonchev–Trinajstić information content (AvgIpc) is 2.76. The lowest BCUT2D eigenvalue weighted by molar-refractivity contribution is -0.118. The summed E-state index contributed by atoms with van der Waals surface area (Å²) in [4.78, 5) is 22.5. The van der Waals surface area contributed by atoms with E-state index in [4.69, 9.17) is 10.8 Å². The number of carboxylic acids is 1. The second-order valence-electron chi connectivity index (χ2n) is 4.26. The van der Waals surface area contributed by atoms with Crippen LogP contribution in [0.15, 0.2) is 36.4 Å². The molecule has 5 nitrogen and oxygen atoms in total. The Bertz CT molecular complexity index is 493. The fourth-order valence-corrected chi connectivity index (χ4v) is 1.85. The van der Waals surface area contributed by atoms with E-state index in [1.165, 1.54) is 12.1 Å². The highest BCUT2D eigenvalue weighted by molar-refractivity contribution is 5.95. The minimum atomic E-state index is -0.988. The number of hydrogen-bond donors (Lipinski definition) is 3. The molecule has 1 aromatic carbocycles. The van der Waals surface area contributed by atoms with Crippen LogP contribution in [0.3, 0.4) is 0 Å². The smallest absolute Gasteiger partial charge is 0.335 e. The Morgan fingerprint density at radius 1 is 1.22 bits per heavy atom. The normalized spacial score (nSPS) is 21.8. The first-order valence-electron chi connectivity index (χ1n) is 5.64. The van der Waals surface area contributed by atoms with Crippen molar-refractivity contribution in [2.75, 3.05) is 5.32 Å². The summed E-state index contributed by atoms with van der Waals surface area (Å²) in [5, 5.41) is 11.5. The van der Waals surface area contributed by atoms with Gasteiger partial charge in [0.2, 0.25) is 5.91 Å². The molecular formula is C13H14N2O3. The minimum absolute atomic E-state index is 0.0601. The molecule has 1 aromatic rings. The van der Waals surface area contributed by atoms with Gasteiger partial charge in [-0.3, -0.25) is 4.79 Å². The SMILES string of the molecule is NC1C=CC(C(=O)Nc2ccc(C(=O)O)cc2)C1. The molecule has 2 unspecified atom stereocenters. The zero-order valence-electron chi connectivity index (χ0n) is 9.67. The van der Waals surface area contributed by atoms with Crippen molar-refractivity contribution < 1.29 is 14.7 Å². The van der Waals surface area contributed by atoms with Gasteiger partial charge in [0, 0.05) is 11.7 Å². The van der Waals surface area contributed by atoms with Crippen LogP contribution in [0.5, 0.6) is 0 Å². The minimum Gasteiger partial charge on any atom is -0.478 e. The second kappa shape index (κ2) is 5.01. The molecule has 0 radical (unpaired) electrons. The fraction of sp³-hybridized carbons (Fsp3) is 0.231. The summed E-state index contributed by atoms with van der Waals surface area (Å²) < 4.78 is 0. The first kappa shape index (κ1) is 12.3. The number of carboxylic acid groups (broad SMARTS) is 1. The zero-order valence-corrected chi connectivity index (χ0v) is 9.67. The Kier molecular flexibility index (Phi) is 3.43. The highest BCUT2D eigenvalue weighted by Gasteiger charge is 2.22. The van der Waals surface area contributed by atoms with Crippen LogP contribution < -0.4 is 11.1 Å². The molecule has 94 valence electrons. The number of aromatic carboxylic acids is 1. The van der Waals surface area contributed by atoms with E-state index in [-0.39, 0.29) is 23.4 Å². The predicted octanol–water partition coefficient (Wildman–Crippen LogP) is 1.23. The van der Waals surface area contributed by atoms with Crippen molar-refractivity contribution in [2.24, 2.45) is 11.7 Å². The van der Waals surface area contributed by atoms with Crippen LogP contribution in [-0.2, 0) is 4.79 Å². The first-order valence-corrected chi connectivity index (χ1v) is 5.64. The number of carbonyl (C=O) groups excluding carboxylic acids is 1. The molecule has 0 saturated carbocycles. The molecule has 5 heteroatoms. The lowest BCUT2D eigenvalue weighted by Gasteiger charge is -2.10. The van der Waals surface area contributed by atoms with Crippen LogP contribution >= 0.6 is 0 Å². The largest absolute Gasteiger partial charge is 0.478 e. The summed E-state index contributed by atoms with van der Waals surface area (Å²) in [6.45, 7) is 0. The van der Waals surface area contributed by atoms with Crippen molar-refractivity contribution in [3.8, 4) is 0 Å². The highest BCUT2D eigenvalue weighted by atomic mass is 16.4. The van der Waals surface area contributed by atoms with E-state index in [1.54, 1.807) is 18.2 Å². The van der Waals surface area contributed by atoms with Gasteiger partial charge in [0.25, 0.3) is 0 Å². The van der Waals surface area contributed by atoms with Crippen molar-refractivity contribution in [2.45, 2.75) is 12.5 Å². The Hall–Kier alpha value is -2.14. The lowest BCUT2D eigenvalue weighted by Crippen LogP contribution is -2.23. The van der Waals surface area contributed by atoms with Crippen LogP contribution in [0.25, 0.3) is 0 Å². The maximum Gasteiger partial charge on any atom is 0.335 e. The zero-order chi connectivity index (χ0) is 13.1. The molecule has 0 spiro atoms. The van der Waals surface area contributed by atoms with E-state index in [0.29, 0.717) is 12.1 Å². The summed E-state index contributed by atoms with van der Waals surface area (Å²) in [5.74, 6) is -1.32. The molecule has 0 saturated heterocycles. The van der Waals surface area contributed by atoms with Gasteiger partial charge >= 0.3 is 5.97 Å². The van der Waals surface area contributed by atoms with Gasteiger partial charge in [-0.15, -0.1) is 0 Å². The number of benzene rings is 1. The molecule has 0 aromatic heterocycles. The third-order valence-electron chi connectivity index (χ3n) is 2.85. The average molecular weight is 246 g/mol. The number of hydrogen-bond acceptors (Lipinski definition) is 3. The van der Waals surface area contributed by atoms with Crippen LogP contribution in [0.2, 0.25) is 0 Å². The maximum absolute atomic E-state index is 11.8. The van der Waals surface area contributed by atoms with Crippen molar-refractivity contribution >= 4 is 17.6 Å². The molecule has 4 N–H and O–H groups in total. The standard InChI is InChI=1S/C13H14N2O3/c14-10-4-1-9(7-10)12(16)15-11-5-2-8(3-6-11)13(17)18/h1-6,9-10H,7,14H2,(H,15,16)(H,17,18). The summed E-state index contributed by atoms with van der Waals surface area (Å²) in [7, 11) is 0. The van der Waals surface area contributed by atoms with Crippen LogP contribution in [0.1, 0.15) is 16.8 Å². The summed E-state index contributed by atoms with van der Waals surface area (Å²) in [6, 6.07) is 5.98. The first-order chi connectivity index (χ1) is 8.56. The molecule has 2 rings (SSSR count). The van der Waals surface area contributed by atoms with Crippen LogP contribution in [0, 0.1) is 5.92 Å². The molecule has 0 fully saturated rings. The number of amides is 1. The summed E-state index contributed by atoms with van der Waals surface area (Å²) >= 11 is 0. The number of nitrogens with one attached hydrogen (secondary N) is 1. The quantitative estimate of drug-likeness (QED) is 0.699. The van der Waals surface area contributed by atoms with Gasteiger partial charge in [-0.2, -0.15) is 0 Å². The van der Waals surface area contributed by atoms with E-state index in [2.05, 4.69) is 5.32 Å². The van der Waals surface area contributed by atoms with E-state index in [9.17, 15) is 9.59 Å². The Balaban J connectivity index is 1.99. The number of carbonyl (C=O) groups is 2. The molecule has 0 heterocycles. The van der Waals surface area contributed by atoms with Gasteiger partial charge in [0.1, 0.15) is 0 Å². The van der Waals surface area contributed by atoms with Gasteiger partial charge in [-0.05, 0) is 30.7 Å². The molecule has 0 aliphatic heterocycles. The second-order valence-corrected chi connectivity index (χ2v) is 4.26. The molecule has 2 atom stereocenters. The molecular weight excluding hydrogens is 232 g/mol. The molecule has 1 aliphatic carbocycles. The molecule has 18 heavy (non-hydrogen) atoms. The monoisotopic (exact) mass is 246 g/mol. The van der Waals surface area contributed by atoms with Gasteiger partial charge in [0.05, 0.1) is 11.5 Å². The lowest BCUT2D eigenvalue weighted by atomic mass is 10.1. The van der Waals surface area contributed by atoms with Gasteiger partial charge in [0.15, 0.2) is 0 Å². The van der Waals surface area contributed by atoms with E-state index in [1.807, 2.05) is 6.08 Å². The molecule has 0 bridgehead atoms. The van der Waals surface area contributed by atoms with Crippen molar-refractivity contribution in [1.29, 1.82) is 0 Å². The van der Waals surface area contributed by atoms with Crippen LogP contribution in [0.4, 0.5) is 5.69 Å². The Labute approximate surface area is 104 Å². The Morgan fingerprint density at radius 3 is 2.39 bits per heavy atom. The van der Waals surface area contributed by atoms with E-state index >= 15 is 0 Å². The summed E-state index contributed by atoms with van der Waals surface area (Å²) in [6.07, 6.45) is 4.22. The van der Waals surface area contributed by atoms with Crippen molar-refractivity contribution in [1.82, 2.24) is 0 Å². The fourth-order valence-electron chi connectivity index (χ4n) is 1.85. The van der Waals surface area contributed by atoms with Gasteiger partial charge in [-0.1, -0.05) is 12.2 Å². The molecule has 1 amide bonds. The summed E-state index contributed by atoms with van der Waals surface area (Å²) in [5.41, 5.74) is 6.45. The van der Waals surface area contributed by atoms with Gasteiger partial charge < -0.3 is 16.2 Å². The Morgan fingerprint density at radius 2 is 1.89 bits per heavy atom. The third kappa shape index (κ3) is 2.75. The van der Waals surface area contributed by atoms with E-state index in [0.717, 1.165) is 0 Å². The third-order valence-corrected chi connectivity index (χ3v) is 2.85. The van der Waals surface area contributed by atoms with E-state index < -0.39 is 5.97 Å². The van der Waals surface area contributed by atoms with Gasteiger partial charge in [-0.25, -0.2) is 4.79 Å². The topological polar surface area (TPSA) is 92.4 Å². The number of anilines is 1. The van der Waals surface area contributed by atoms with Crippen LogP contribution in [-0.4, -0.2) is 23.0 Å².